The van der Waals surface area contributed by atoms with Gasteiger partial charge in [0.25, 0.3) is 5.91 Å². The van der Waals surface area contributed by atoms with Crippen molar-refractivity contribution in [3.8, 4) is 5.75 Å². The van der Waals surface area contributed by atoms with Crippen molar-refractivity contribution in [3.05, 3.63) is 69.1 Å². The van der Waals surface area contributed by atoms with Gasteiger partial charge in [0.1, 0.15) is 23.2 Å². The van der Waals surface area contributed by atoms with Gasteiger partial charge in [0.05, 0.1) is 4.91 Å². The molecule has 8 heteroatoms. The fraction of sp³-hybridized carbons (Fsp3) is 0.150. The van der Waals surface area contributed by atoms with Crippen molar-refractivity contribution >= 4 is 57.9 Å². The van der Waals surface area contributed by atoms with E-state index in [0.29, 0.717) is 21.2 Å². The zero-order chi connectivity index (χ0) is 20.3. The van der Waals surface area contributed by atoms with Crippen LogP contribution in [0.5, 0.6) is 5.75 Å². The van der Waals surface area contributed by atoms with Gasteiger partial charge in [0.2, 0.25) is 0 Å². The maximum absolute atomic E-state index is 12.5. The zero-order valence-electron chi connectivity index (χ0n) is 14.8. The Kier molecular flexibility index (Phi) is 6.39. The number of rotatable bonds is 6. The highest BCUT2D eigenvalue weighted by molar-refractivity contribution is 8.26. The molecule has 1 aliphatic rings. The first kappa shape index (κ1) is 20.4. The van der Waals surface area contributed by atoms with Crippen LogP contribution in [0.1, 0.15) is 16.7 Å². The first-order chi connectivity index (χ1) is 13.3. The monoisotopic (exact) mass is 433 g/mol. The number of amides is 1. The molecule has 0 aliphatic carbocycles. The molecule has 1 amide bonds. The van der Waals surface area contributed by atoms with Crippen LogP contribution < -0.4 is 4.74 Å². The Morgan fingerprint density at radius 2 is 2.07 bits per heavy atom. The molecule has 5 nitrogen and oxygen atoms in total. The molecule has 1 saturated heterocycles. The number of thioether (sulfide) groups is 1. The summed E-state index contributed by atoms with van der Waals surface area (Å²) in [6.45, 7) is 1.76. The largest absolute Gasteiger partial charge is 0.488 e. The molecule has 0 atom stereocenters. The third-order valence-electron chi connectivity index (χ3n) is 3.96. The number of aryl methyl sites for hydroxylation is 1. The summed E-state index contributed by atoms with van der Waals surface area (Å²) in [5.74, 6) is -0.943. The normalized spacial score (nSPS) is 15.4. The van der Waals surface area contributed by atoms with Crippen molar-refractivity contribution in [3.63, 3.8) is 0 Å². The summed E-state index contributed by atoms with van der Waals surface area (Å²) in [5.41, 5.74) is 2.56. The fourth-order valence-corrected chi connectivity index (χ4v) is 4.03. The maximum atomic E-state index is 12.5. The summed E-state index contributed by atoms with van der Waals surface area (Å²) in [6, 6.07) is 13.0. The smallest absolute Gasteiger partial charge is 0.323 e. The van der Waals surface area contributed by atoms with Crippen LogP contribution in [0.2, 0.25) is 5.02 Å². The molecule has 1 heterocycles. The molecule has 0 saturated carbocycles. The highest BCUT2D eigenvalue weighted by Crippen LogP contribution is 2.34. The van der Waals surface area contributed by atoms with E-state index in [1.54, 1.807) is 12.1 Å². The molecular weight excluding hydrogens is 418 g/mol. The molecule has 144 valence electrons. The molecule has 1 fully saturated rings. The van der Waals surface area contributed by atoms with Gasteiger partial charge in [-0.1, -0.05) is 65.4 Å². The standard InChI is InChI=1S/C20H16ClNO4S2/c1-12-6-7-16(26-11-13-4-2-3-5-15(13)21)14(8-12)9-17-19(25)22(10-18(23)24)20(27)28-17/h2-9H,10-11H2,1H3,(H,23,24)/b17-9-. The van der Waals surface area contributed by atoms with Gasteiger partial charge in [-0.15, -0.1) is 0 Å². The van der Waals surface area contributed by atoms with Crippen LogP contribution in [0.3, 0.4) is 0 Å². The van der Waals surface area contributed by atoms with Gasteiger partial charge in [0.15, 0.2) is 0 Å². The number of carboxylic acid groups (broad SMARTS) is 1. The molecule has 3 rings (SSSR count). The van der Waals surface area contributed by atoms with Crippen molar-refractivity contribution < 1.29 is 19.4 Å². The Hall–Kier alpha value is -2.35. The van der Waals surface area contributed by atoms with E-state index in [9.17, 15) is 9.59 Å². The Bertz CT molecular complexity index is 990. The van der Waals surface area contributed by atoms with E-state index in [0.717, 1.165) is 27.8 Å². The van der Waals surface area contributed by atoms with Gasteiger partial charge < -0.3 is 9.84 Å². The molecule has 1 aliphatic heterocycles. The summed E-state index contributed by atoms with van der Waals surface area (Å²) in [6.07, 6.45) is 1.68. The number of carbonyl (C=O) groups is 2. The van der Waals surface area contributed by atoms with Crippen molar-refractivity contribution in [1.29, 1.82) is 0 Å². The van der Waals surface area contributed by atoms with Gasteiger partial charge in [-0.05, 0) is 31.2 Å². The second-order valence-corrected chi connectivity index (χ2v) is 8.17. The summed E-state index contributed by atoms with van der Waals surface area (Å²) in [5, 5.41) is 9.57. The maximum Gasteiger partial charge on any atom is 0.323 e. The molecule has 2 aromatic rings. The quantitative estimate of drug-likeness (QED) is 0.534. The van der Waals surface area contributed by atoms with E-state index >= 15 is 0 Å². The van der Waals surface area contributed by atoms with Crippen molar-refractivity contribution in [2.24, 2.45) is 0 Å². The molecule has 0 bridgehead atoms. The Balaban J connectivity index is 1.86. The number of carboxylic acids is 1. The van der Waals surface area contributed by atoms with Gasteiger partial charge >= 0.3 is 5.97 Å². The number of hydrogen-bond donors (Lipinski definition) is 1. The number of hydrogen-bond acceptors (Lipinski definition) is 5. The topological polar surface area (TPSA) is 66.8 Å². The van der Waals surface area contributed by atoms with Crippen LogP contribution >= 0.6 is 35.6 Å². The Labute approximate surface area is 176 Å². The summed E-state index contributed by atoms with van der Waals surface area (Å²) < 4.78 is 6.16. The van der Waals surface area contributed by atoms with E-state index in [-0.39, 0.29) is 10.9 Å². The third-order valence-corrected chi connectivity index (χ3v) is 5.71. The molecule has 0 radical (unpaired) electrons. The lowest BCUT2D eigenvalue weighted by Crippen LogP contribution is -2.33. The molecule has 0 aromatic heterocycles. The molecule has 28 heavy (non-hydrogen) atoms. The summed E-state index contributed by atoms with van der Waals surface area (Å²) in [4.78, 5) is 24.9. The minimum absolute atomic E-state index is 0.227. The van der Waals surface area contributed by atoms with E-state index in [4.69, 9.17) is 33.7 Å². The molecule has 2 aromatic carbocycles. The lowest BCUT2D eigenvalue weighted by Gasteiger charge is -2.12. The van der Waals surface area contributed by atoms with Crippen LogP contribution in [0.4, 0.5) is 0 Å². The predicted molar refractivity (Wildman–Crippen MR) is 114 cm³/mol. The number of aliphatic carboxylic acids is 1. The van der Waals surface area contributed by atoms with Gasteiger partial charge in [0, 0.05) is 16.1 Å². The number of ether oxygens (including phenoxy) is 1. The van der Waals surface area contributed by atoms with E-state index in [2.05, 4.69) is 0 Å². The average Bonchev–Trinajstić information content (AvgIpc) is 2.89. The average molecular weight is 434 g/mol. The summed E-state index contributed by atoms with van der Waals surface area (Å²) in [7, 11) is 0. The van der Waals surface area contributed by atoms with Crippen LogP contribution in [0.15, 0.2) is 47.4 Å². The van der Waals surface area contributed by atoms with Crippen LogP contribution in [0, 0.1) is 6.92 Å². The van der Waals surface area contributed by atoms with Crippen LogP contribution in [-0.4, -0.2) is 32.7 Å². The SMILES string of the molecule is Cc1ccc(OCc2ccccc2Cl)c(/C=C2\SC(=S)N(CC(=O)O)C2=O)c1. The molecule has 0 spiro atoms. The first-order valence-corrected chi connectivity index (χ1v) is 9.89. The van der Waals surface area contributed by atoms with Crippen LogP contribution in [0.25, 0.3) is 6.08 Å². The van der Waals surface area contributed by atoms with E-state index in [1.165, 1.54) is 0 Å². The molecule has 1 N–H and O–H groups in total. The number of benzene rings is 2. The first-order valence-electron chi connectivity index (χ1n) is 8.29. The summed E-state index contributed by atoms with van der Waals surface area (Å²) >= 11 is 12.4. The fourth-order valence-electron chi connectivity index (χ4n) is 2.60. The molecule has 0 unspecified atom stereocenters. The van der Waals surface area contributed by atoms with Gasteiger partial charge in [-0.2, -0.15) is 0 Å². The molecular formula is C20H16ClNO4S2. The van der Waals surface area contributed by atoms with Crippen molar-refractivity contribution in [2.75, 3.05) is 6.54 Å². The van der Waals surface area contributed by atoms with Crippen LogP contribution in [-0.2, 0) is 16.2 Å². The minimum Gasteiger partial charge on any atom is -0.488 e. The second kappa shape index (κ2) is 8.77. The highest BCUT2D eigenvalue weighted by Gasteiger charge is 2.33. The van der Waals surface area contributed by atoms with Crippen molar-refractivity contribution in [1.82, 2.24) is 4.90 Å². The third kappa shape index (κ3) is 4.73. The number of halogens is 1. The Morgan fingerprint density at radius 1 is 1.32 bits per heavy atom. The zero-order valence-corrected chi connectivity index (χ0v) is 17.2. The Morgan fingerprint density at radius 3 is 2.79 bits per heavy atom. The van der Waals surface area contributed by atoms with E-state index in [1.807, 2.05) is 43.3 Å². The number of thiocarbonyl (C=S) groups is 1. The number of carbonyl (C=O) groups excluding carboxylic acids is 1. The predicted octanol–water partition coefficient (Wildman–Crippen LogP) is 4.51. The lowest BCUT2D eigenvalue weighted by atomic mass is 10.1. The van der Waals surface area contributed by atoms with E-state index < -0.39 is 18.4 Å². The highest BCUT2D eigenvalue weighted by atomic mass is 35.5. The van der Waals surface area contributed by atoms with Crippen molar-refractivity contribution in [2.45, 2.75) is 13.5 Å². The lowest BCUT2D eigenvalue weighted by molar-refractivity contribution is -0.140. The number of nitrogens with zero attached hydrogens (tertiary/aromatic N) is 1. The minimum atomic E-state index is -1.11. The van der Waals surface area contributed by atoms with Gasteiger partial charge in [-0.25, -0.2) is 0 Å². The second-order valence-electron chi connectivity index (χ2n) is 6.08. The van der Waals surface area contributed by atoms with Gasteiger partial charge in [-0.3, -0.25) is 14.5 Å².